The largest absolute Gasteiger partial charge is 0.497 e. The predicted octanol–water partition coefficient (Wildman–Crippen LogP) is 5.81. The van der Waals surface area contributed by atoms with Gasteiger partial charge in [0.2, 0.25) is 0 Å². The van der Waals surface area contributed by atoms with E-state index in [1.54, 1.807) is 14.2 Å². The second-order valence-corrected chi connectivity index (χ2v) is 11.0. The van der Waals surface area contributed by atoms with Gasteiger partial charge in [-0.3, -0.25) is 9.80 Å². The van der Waals surface area contributed by atoms with Crippen LogP contribution in [-0.4, -0.2) is 42.8 Å². The van der Waals surface area contributed by atoms with Crippen LogP contribution in [0.5, 0.6) is 11.5 Å². The van der Waals surface area contributed by atoms with Gasteiger partial charge >= 0.3 is 0 Å². The van der Waals surface area contributed by atoms with Crippen molar-refractivity contribution in [2.24, 2.45) is 10.8 Å². The Balaban J connectivity index is 1.94. The van der Waals surface area contributed by atoms with Gasteiger partial charge in [-0.05, 0) is 46.2 Å². The molecule has 0 aliphatic carbocycles. The van der Waals surface area contributed by atoms with Gasteiger partial charge in [-0.25, -0.2) is 0 Å². The molecule has 0 aromatic heterocycles. The predicted molar refractivity (Wildman–Crippen MR) is 128 cm³/mol. The zero-order chi connectivity index (χ0) is 22.8. The van der Waals surface area contributed by atoms with E-state index in [2.05, 4.69) is 87.7 Å². The number of benzene rings is 2. The van der Waals surface area contributed by atoms with Crippen molar-refractivity contribution in [2.75, 3.05) is 20.9 Å². The second-order valence-electron chi connectivity index (χ2n) is 11.0. The summed E-state index contributed by atoms with van der Waals surface area (Å²) in [5.41, 5.74) is 2.90. The standard InChI is InChI=1S/C27H40N2O2/c1-26(2,3)24-25(27(4,5)6)29(18-21-12-10-14-23(16-21)31-8)19-28(24)17-20-11-9-13-22(15-20)30-7/h9-16,24-25H,17-19H2,1-8H3/t24-,25-/m0/s1. The lowest BCUT2D eigenvalue weighted by Gasteiger charge is -2.44. The highest BCUT2D eigenvalue weighted by Gasteiger charge is 2.50. The van der Waals surface area contributed by atoms with Crippen molar-refractivity contribution < 1.29 is 9.47 Å². The SMILES string of the molecule is COc1cccc(CN2CN(Cc3cccc(OC)c3)[C@H](C(C)(C)C)[C@H]2C(C)(C)C)c1. The monoisotopic (exact) mass is 424 g/mol. The quantitative estimate of drug-likeness (QED) is 0.584. The first-order chi connectivity index (χ1) is 14.5. The summed E-state index contributed by atoms with van der Waals surface area (Å²) in [7, 11) is 3.47. The molecule has 0 amide bonds. The van der Waals surface area contributed by atoms with Gasteiger partial charge in [0.05, 0.1) is 20.9 Å². The molecule has 1 aliphatic heterocycles. The van der Waals surface area contributed by atoms with Crippen LogP contribution < -0.4 is 9.47 Å². The third-order valence-electron chi connectivity index (χ3n) is 6.26. The first kappa shape index (κ1) is 23.6. The highest BCUT2D eigenvalue weighted by molar-refractivity contribution is 5.30. The summed E-state index contributed by atoms with van der Waals surface area (Å²) in [4.78, 5) is 5.32. The van der Waals surface area contributed by atoms with E-state index in [0.717, 1.165) is 31.3 Å². The topological polar surface area (TPSA) is 24.9 Å². The summed E-state index contributed by atoms with van der Waals surface area (Å²) < 4.78 is 10.9. The van der Waals surface area contributed by atoms with Gasteiger partial charge in [0.25, 0.3) is 0 Å². The Morgan fingerprint density at radius 3 is 1.42 bits per heavy atom. The average Bonchev–Trinajstić information content (AvgIpc) is 3.06. The van der Waals surface area contributed by atoms with Gasteiger partial charge in [-0.15, -0.1) is 0 Å². The van der Waals surface area contributed by atoms with Crippen LogP contribution in [0, 0.1) is 10.8 Å². The first-order valence-electron chi connectivity index (χ1n) is 11.3. The van der Waals surface area contributed by atoms with Gasteiger partial charge in [0.15, 0.2) is 0 Å². The van der Waals surface area contributed by atoms with Crippen LogP contribution in [0.15, 0.2) is 48.5 Å². The molecule has 0 radical (unpaired) electrons. The van der Waals surface area contributed by atoms with E-state index in [4.69, 9.17) is 9.47 Å². The minimum absolute atomic E-state index is 0.153. The molecular formula is C27H40N2O2. The lowest BCUT2D eigenvalue weighted by atomic mass is 9.72. The summed E-state index contributed by atoms with van der Waals surface area (Å²) in [5.74, 6) is 1.84. The maximum atomic E-state index is 5.47. The third kappa shape index (κ3) is 5.61. The molecule has 1 saturated heterocycles. The van der Waals surface area contributed by atoms with Gasteiger partial charge in [-0.2, -0.15) is 0 Å². The van der Waals surface area contributed by atoms with Crippen LogP contribution in [0.1, 0.15) is 52.7 Å². The van der Waals surface area contributed by atoms with Crippen LogP contribution in [0.25, 0.3) is 0 Å². The van der Waals surface area contributed by atoms with Crippen LogP contribution in [0.3, 0.4) is 0 Å². The maximum absolute atomic E-state index is 5.47. The number of hydrogen-bond donors (Lipinski definition) is 0. The smallest absolute Gasteiger partial charge is 0.119 e. The molecule has 1 heterocycles. The highest BCUT2D eigenvalue weighted by atomic mass is 16.5. The Labute approximate surface area is 189 Å². The van der Waals surface area contributed by atoms with Crippen molar-refractivity contribution in [3.63, 3.8) is 0 Å². The van der Waals surface area contributed by atoms with Crippen molar-refractivity contribution >= 4 is 0 Å². The molecule has 0 spiro atoms. The fourth-order valence-corrected chi connectivity index (χ4v) is 5.16. The van der Waals surface area contributed by atoms with Gasteiger partial charge in [-0.1, -0.05) is 65.8 Å². The van der Waals surface area contributed by atoms with E-state index in [9.17, 15) is 0 Å². The summed E-state index contributed by atoms with van der Waals surface area (Å²) >= 11 is 0. The lowest BCUT2D eigenvalue weighted by molar-refractivity contribution is 0.0715. The molecule has 3 rings (SSSR count). The van der Waals surface area contributed by atoms with E-state index < -0.39 is 0 Å². The molecule has 0 N–H and O–H groups in total. The van der Waals surface area contributed by atoms with Crippen molar-refractivity contribution in [3.05, 3.63) is 59.7 Å². The van der Waals surface area contributed by atoms with Crippen molar-refractivity contribution in [1.82, 2.24) is 9.80 Å². The van der Waals surface area contributed by atoms with Crippen LogP contribution >= 0.6 is 0 Å². The van der Waals surface area contributed by atoms with Crippen LogP contribution in [0.4, 0.5) is 0 Å². The molecule has 4 heteroatoms. The van der Waals surface area contributed by atoms with Crippen molar-refractivity contribution in [3.8, 4) is 11.5 Å². The van der Waals surface area contributed by atoms with E-state index >= 15 is 0 Å². The van der Waals surface area contributed by atoms with Gasteiger partial charge < -0.3 is 9.47 Å². The molecule has 31 heavy (non-hydrogen) atoms. The molecule has 1 fully saturated rings. The summed E-state index contributed by atoms with van der Waals surface area (Å²) in [6.45, 7) is 17.1. The number of nitrogens with zero attached hydrogens (tertiary/aromatic N) is 2. The average molecular weight is 425 g/mol. The maximum Gasteiger partial charge on any atom is 0.119 e. The lowest BCUT2D eigenvalue weighted by Crippen LogP contribution is -2.51. The van der Waals surface area contributed by atoms with Crippen molar-refractivity contribution in [2.45, 2.75) is 66.7 Å². The summed E-state index contributed by atoms with van der Waals surface area (Å²) in [5, 5.41) is 0. The number of hydrogen-bond acceptors (Lipinski definition) is 4. The first-order valence-corrected chi connectivity index (χ1v) is 11.3. The number of ether oxygens (including phenoxy) is 2. The Morgan fingerprint density at radius 1 is 0.710 bits per heavy atom. The Kier molecular flexibility index (Phi) is 7.02. The summed E-state index contributed by atoms with van der Waals surface area (Å²) in [6.07, 6.45) is 0. The molecule has 0 unspecified atom stereocenters. The summed E-state index contributed by atoms with van der Waals surface area (Å²) in [6, 6.07) is 17.8. The highest BCUT2D eigenvalue weighted by Crippen LogP contribution is 2.43. The second kappa shape index (κ2) is 9.22. The molecule has 0 saturated carbocycles. The Hall–Kier alpha value is -2.04. The molecule has 2 atom stereocenters. The van der Waals surface area contributed by atoms with Crippen LogP contribution in [-0.2, 0) is 13.1 Å². The van der Waals surface area contributed by atoms with E-state index in [-0.39, 0.29) is 10.8 Å². The fraction of sp³-hybridized carbons (Fsp3) is 0.556. The molecule has 2 aromatic carbocycles. The third-order valence-corrected chi connectivity index (χ3v) is 6.26. The minimum atomic E-state index is 0.153. The fourth-order valence-electron chi connectivity index (χ4n) is 5.16. The van der Waals surface area contributed by atoms with E-state index in [1.807, 2.05) is 12.1 Å². The Morgan fingerprint density at radius 2 is 1.10 bits per heavy atom. The Bertz CT molecular complexity index is 795. The molecule has 0 bridgehead atoms. The molecule has 170 valence electrons. The molecule has 2 aromatic rings. The van der Waals surface area contributed by atoms with E-state index in [1.165, 1.54) is 11.1 Å². The number of rotatable bonds is 6. The van der Waals surface area contributed by atoms with Crippen LogP contribution in [0.2, 0.25) is 0 Å². The molecule has 1 aliphatic rings. The van der Waals surface area contributed by atoms with E-state index in [0.29, 0.717) is 12.1 Å². The van der Waals surface area contributed by atoms with Gasteiger partial charge in [0, 0.05) is 25.2 Å². The minimum Gasteiger partial charge on any atom is -0.497 e. The van der Waals surface area contributed by atoms with Crippen molar-refractivity contribution in [1.29, 1.82) is 0 Å². The molecule has 4 nitrogen and oxygen atoms in total. The number of methoxy groups -OCH3 is 2. The molecular weight excluding hydrogens is 384 g/mol. The zero-order valence-electron chi connectivity index (χ0n) is 20.6. The zero-order valence-corrected chi connectivity index (χ0v) is 20.6. The van der Waals surface area contributed by atoms with Gasteiger partial charge in [0.1, 0.15) is 11.5 Å². The normalized spacial score (nSPS) is 20.8.